The van der Waals surface area contributed by atoms with Crippen molar-refractivity contribution in [1.29, 1.82) is 0 Å². The van der Waals surface area contributed by atoms with Gasteiger partial charge in [-0.2, -0.15) is 0 Å². The first-order valence-corrected chi connectivity index (χ1v) is 14.8. The molecule has 0 bridgehead atoms. The molecule has 0 aliphatic carbocycles. The monoisotopic (exact) mass is 596 g/mol. The Labute approximate surface area is 243 Å². The lowest BCUT2D eigenvalue weighted by Gasteiger charge is -2.36. The minimum Gasteiger partial charge on any atom is -0.461 e. The summed E-state index contributed by atoms with van der Waals surface area (Å²) in [6, 6.07) is 18.9. The summed E-state index contributed by atoms with van der Waals surface area (Å²) in [5, 5.41) is 13.4. The number of carbonyl (C=O) groups excluding carboxylic acids is 1. The van der Waals surface area contributed by atoms with Crippen molar-refractivity contribution in [3.8, 4) is 17.3 Å². The molecule has 1 fully saturated rings. The van der Waals surface area contributed by atoms with Gasteiger partial charge in [0.25, 0.3) is 5.91 Å². The second-order valence-corrected chi connectivity index (χ2v) is 11.4. The van der Waals surface area contributed by atoms with Gasteiger partial charge in [0.2, 0.25) is 5.82 Å². The highest BCUT2D eigenvalue weighted by Gasteiger charge is 2.25. The summed E-state index contributed by atoms with van der Waals surface area (Å²) in [6.45, 7) is 2.67. The van der Waals surface area contributed by atoms with Crippen LogP contribution in [0.4, 0.5) is 5.69 Å². The summed E-state index contributed by atoms with van der Waals surface area (Å²) in [5.74, 6) is 1.62. The lowest BCUT2D eigenvalue weighted by molar-refractivity contribution is 0.0741. The zero-order chi connectivity index (χ0) is 26.8. The Bertz CT molecular complexity index is 1600. The second-order valence-electron chi connectivity index (χ2n) is 8.72. The number of benzene rings is 2. The number of nitrogens with zero attached hydrogens (tertiary/aromatic N) is 6. The summed E-state index contributed by atoms with van der Waals surface area (Å²) >= 11 is 15.8. The summed E-state index contributed by atoms with van der Waals surface area (Å²) in [7, 11) is 0. The Hall–Kier alpha value is -3.31. The highest BCUT2D eigenvalue weighted by Crippen LogP contribution is 2.33. The van der Waals surface area contributed by atoms with Gasteiger partial charge in [-0.25, -0.2) is 4.98 Å². The van der Waals surface area contributed by atoms with Gasteiger partial charge in [0.05, 0.1) is 33.4 Å². The largest absolute Gasteiger partial charge is 0.461 e. The molecular formula is C27H22Cl2N6O2S2. The molecule has 39 heavy (non-hydrogen) atoms. The maximum atomic E-state index is 13.2. The molecule has 198 valence electrons. The normalized spacial score (nSPS) is 13.7. The van der Waals surface area contributed by atoms with E-state index < -0.39 is 0 Å². The van der Waals surface area contributed by atoms with Gasteiger partial charge in [-0.3, -0.25) is 9.36 Å². The van der Waals surface area contributed by atoms with Crippen molar-refractivity contribution in [3.63, 3.8) is 0 Å². The van der Waals surface area contributed by atoms with Gasteiger partial charge >= 0.3 is 0 Å². The summed E-state index contributed by atoms with van der Waals surface area (Å²) < 4.78 is 7.46. The van der Waals surface area contributed by atoms with Crippen LogP contribution in [0.25, 0.3) is 17.3 Å². The number of aromatic nitrogens is 4. The molecule has 1 amide bonds. The fourth-order valence-corrected chi connectivity index (χ4v) is 6.61. The highest BCUT2D eigenvalue weighted by molar-refractivity contribution is 7.98. The molecule has 0 saturated carbocycles. The smallest absolute Gasteiger partial charge is 0.273 e. The van der Waals surface area contributed by atoms with Crippen LogP contribution in [0.3, 0.4) is 0 Å². The van der Waals surface area contributed by atoms with E-state index in [1.54, 1.807) is 12.3 Å². The van der Waals surface area contributed by atoms with Gasteiger partial charge in [0.1, 0.15) is 10.7 Å². The van der Waals surface area contributed by atoms with E-state index in [2.05, 4.69) is 20.1 Å². The molecule has 8 nitrogen and oxygen atoms in total. The minimum absolute atomic E-state index is 0.0550. The number of rotatable bonds is 7. The number of amides is 1. The van der Waals surface area contributed by atoms with E-state index in [1.807, 2.05) is 69.4 Å². The van der Waals surface area contributed by atoms with Gasteiger partial charge < -0.3 is 14.2 Å². The molecule has 12 heteroatoms. The zero-order valence-electron chi connectivity index (χ0n) is 20.5. The third kappa shape index (κ3) is 5.42. The van der Waals surface area contributed by atoms with Crippen LogP contribution in [0.5, 0.6) is 0 Å². The maximum Gasteiger partial charge on any atom is 0.273 e. The molecule has 5 aromatic rings. The number of hydrogen-bond donors (Lipinski definition) is 0. The van der Waals surface area contributed by atoms with Gasteiger partial charge in [-0.05, 0) is 36.4 Å². The quantitative estimate of drug-likeness (QED) is 0.197. The lowest BCUT2D eigenvalue weighted by atomic mass is 10.2. The Morgan fingerprint density at radius 2 is 1.64 bits per heavy atom. The third-order valence-electron chi connectivity index (χ3n) is 6.32. The number of anilines is 1. The van der Waals surface area contributed by atoms with Crippen molar-refractivity contribution < 1.29 is 9.21 Å². The molecule has 0 radical (unpaired) electrons. The molecule has 0 N–H and O–H groups in total. The number of halogens is 2. The number of carbonyl (C=O) groups is 1. The van der Waals surface area contributed by atoms with Gasteiger partial charge in [0.15, 0.2) is 10.9 Å². The average molecular weight is 598 g/mol. The van der Waals surface area contributed by atoms with E-state index in [0.717, 1.165) is 34.5 Å². The van der Waals surface area contributed by atoms with Crippen molar-refractivity contribution in [2.75, 3.05) is 31.1 Å². The van der Waals surface area contributed by atoms with E-state index in [1.165, 1.54) is 23.1 Å². The molecule has 4 heterocycles. The third-order valence-corrected chi connectivity index (χ3v) is 8.93. The molecule has 1 aliphatic rings. The number of piperazine rings is 1. The van der Waals surface area contributed by atoms with Crippen molar-refractivity contribution in [2.45, 2.75) is 10.9 Å². The van der Waals surface area contributed by atoms with Crippen molar-refractivity contribution in [1.82, 2.24) is 24.6 Å². The predicted molar refractivity (Wildman–Crippen MR) is 155 cm³/mol. The average Bonchev–Trinajstić information content (AvgIpc) is 3.73. The SMILES string of the molecule is O=C(c1csc(CSc2nnc(-c3ccco3)n2-c2ccccc2Cl)n1)N1CCN(c2ccccc2Cl)CC1. The fourth-order valence-electron chi connectivity index (χ4n) is 4.40. The van der Waals surface area contributed by atoms with Crippen LogP contribution in [0.1, 0.15) is 15.5 Å². The summed E-state index contributed by atoms with van der Waals surface area (Å²) in [4.78, 5) is 21.9. The van der Waals surface area contributed by atoms with Crippen molar-refractivity contribution in [3.05, 3.63) is 93.1 Å². The molecule has 2 aromatic carbocycles. The van der Waals surface area contributed by atoms with E-state index in [0.29, 0.717) is 46.3 Å². The Kier molecular flexibility index (Phi) is 7.60. The molecule has 0 spiro atoms. The van der Waals surface area contributed by atoms with Crippen molar-refractivity contribution in [2.24, 2.45) is 0 Å². The van der Waals surface area contributed by atoms with Gasteiger partial charge in [0, 0.05) is 31.6 Å². The molecule has 0 atom stereocenters. The van der Waals surface area contributed by atoms with Crippen LogP contribution in [0.2, 0.25) is 10.0 Å². The molecule has 0 unspecified atom stereocenters. The first-order valence-electron chi connectivity index (χ1n) is 12.2. The number of furan rings is 1. The minimum atomic E-state index is -0.0550. The molecule has 6 rings (SSSR count). The Morgan fingerprint density at radius 3 is 2.33 bits per heavy atom. The first-order chi connectivity index (χ1) is 19.1. The van der Waals surface area contributed by atoms with E-state index >= 15 is 0 Å². The lowest BCUT2D eigenvalue weighted by Crippen LogP contribution is -2.49. The number of para-hydroxylation sites is 2. The topological polar surface area (TPSA) is 80.3 Å². The van der Waals surface area contributed by atoms with Crippen LogP contribution in [0, 0.1) is 0 Å². The second kappa shape index (κ2) is 11.4. The Balaban J connectivity index is 1.14. The van der Waals surface area contributed by atoms with Crippen LogP contribution in [-0.4, -0.2) is 56.7 Å². The van der Waals surface area contributed by atoms with Crippen LogP contribution in [-0.2, 0) is 5.75 Å². The number of hydrogen-bond acceptors (Lipinski definition) is 8. The van der Waals surface area contributed by atoms with Crippen molar-refractivity contribution >= 4 is 57.9 Å². The maximum absolute atomic E-state index is 13.2. The summed E-state index contributed by atoms with van der Waals surface area (Å²) in [5.41, 5.74) is 2.22. The highest BCUT2D eigenvalue weighted by atomic mass is 35.5. The number of thiazole rings is 1. The van der Waals surface area contributed by atoms with Gasteiger partial charge in [-0.1, -0.05) is 59.2 Å². The molecule has 1 aliphatic heterocycles. The van der Waals surface area contributed by atoms with Crippen LogP contribution >= 0.6 is 46.3 Å². The predicted octanol–water partition coefficient (Wildman–Crippen LogP) is 6.55. The van der Waals surface area contributed by atoms with Crippen LogP contribution in [0.15, 0.2) is 81.9 Å². The van der Waals surface area contributed by atoms with E-state index in [9.17, 15) is 4.79 Å². The molecule has 3 aromatic heterocycles. The number of thioether (sulfide) groups is 1. The zero-order valence-corrected chi connectivity index (χ0v) is 23.7. The standard InChI is InChI=1S/C27H22Cl2N6O2S2/c28-18-6-1-3-8-21(18)33-11-13-34(14-12-33)26(36)20-16-38-24(30-20)17-39-27-32-31-25(23-10-5-15-37-23)35(27)22-9-4-2-7-19(22)29/h1-10,15-16H,11-14,17H2. The van der Waals surface area contributed by atoms with E-state index in [4.69, 9.17) is 27.6 Å². The first kappa shape index (κ1) is 25.9. The Morgan fingerprint density at radius 1 is 0.923 bits per heavy atom. The van der Waals surface area contributed by atoms with Gasteiger partial charge in [-0.15, -0.1) is 21.5 Å². The summed E-state index contributed by atoms with van der Waals surface area (Å²) in [6.07, 6.45) is 1.60. The molecule has 1 saturated heterocycles. The van der Waals surface area contributed by atoms with Crippen LogP contribution < -0.4 is 4.90 Å². The molecular weight excluding hydrogens is 575 g/mol. The van der Waals surface area contributed by atoms with E-state index in [-0.39, 0.29) is 5.91 Å². The fraction of sp³-hybridized carbons (Fsp3) is 0.185.